The van der Waals surface area contributed by atoms with Gasteiger partial charge < -0.3 is 10.0 Å². The fourth-order valence-corrected chi connectivity index (χ4v) is 0.898. The first-order valence-corrected chi connectivity index (χ1v) is 6.69. The smallest absolute Gasteiger partial charge is 0.219 e. The van der Waals surface area contributed by atoms with E-state index in [9.17, 15) is 9.90 Å². The van der Waals surface area contributed by atoms with Crippen LogP contribution in [0.3, 0.4) is 0 Å². The first-order chi connectivity index (χ1) is 7.75. The van der Waals surface area contributed by atoms with Gasteiger partial charge in [-0.15, -0.1) is 0 Å². The normalized spacial score (nSPS) is 11.4. The number of nitrogens with zero attached hydrogens (tertiary/aromatic N) is 1. The Morgan fingerprint density at radius 3 is 1.82 bits per heavy atom. The van der Waals surface area contributed by atoms with E-state index in [1.807, 2.05) is 34.6 Å². The minimum Gasteiger partial charge on any atom is -0.390 e. The Morgan fingerprint density at radius 1 is 1.24 bits per heavy atom. The molecular weight excluding hydrogens is 214 g/mol. The predicted molar refractivity (Wildman–Crippen MR) is 76.1 cm³/mol. The van der Waals surface area contributed by atoms with E-state index in [2.05, 4.69) is 0 Å². The van der Waals surface area contributed by atoms with E-state index in [0.29, 0.717) is 6.54 Å². The number of hydrogen-bond acceptors (Lipinski definition) is 2. The van der Waals surface area contributed by atoms with Crippen molar-refractivity contribution >= 4 is 5.91 Å². The maximum absolute atomic E-state index is 10.9. The molecule has 1 amide bonds. The molecule has 1 unspecified atom stereocenters. The Labute approximate surface area is 108 Å². The summed E-state index contributed by atoms with van der Waals surface area (Å²) >= 11 is 0. The molecular formula is C14H33NO2. The summed E-state index contributed by atoms with van der Waals surface area (Å²) in [6.45, 7) is 15.8. The lowest BCUT2D eigenvalue weighted by Crippen LogP contribution is -2.33. The third kappa shape index (κ3) is 13.4. The van der Waals surface area contributed by atoms with Crippen molar-refractivity contribution in [1.29, 1.82) is 0 Å². The van der Waals surface area contributed by atoms with Crippen LogP contribution in [0.1, 0.15) is 61.8 Å². The van der Waals surface area contributed by atoms with Gasteiger partial charge in [0.2, 0.25) is 5.91 Å². The van der Waals surface area contributed by atoms with E-state index < -0.39 is 5.60 Å². The predicted octanol–water partition coefficient (Wildman–Crippen LogP) is 3.31. The molecule has 1 N–H and O–H groups in total. The van der Waals surface area contributed by atoms with E-state index in [1.54, 1.807) is 32.7 Å². The fraction of sp³-hybridized carbons (Fsp3) is 0.929. The Bertz CT molecular complexity index is 174. The maximum atomic E-state index is 10.9. The zero-order valence-electron chi connectivity index (χ0n) is 13.3. The monoisotopic (exact) mass is 247 g/mol. The molecule has 3 heteroatoms. The van der Waals surface area contributed by atoms with Crippen LogP contribution in [0.2, 0.25) is 0 Å². The molecule has 17 heavy (non-hydrogen) atoms. The number of amides is 1. The first-order valence-electron chi connectivity index (χ1n) is 6.69. The summed E-state index contributed by atoms with van der Waals surface area (Å²) in [7, 11) is 1.78. The van der Waals surface area contributed by atoms with Crippen molar-refractivity contribution in [3.63, 3.8) is 0 Å². The maximum Gasteiger partial charge on any atom is 0.219 e. The van der Waals surface area contributed by atoms with Gasteiger partial charge in [0.15, 0.2) is 0 Å². The average molecular weight is 247 g/mol. The minimum absolute atomic E-state index is 0.0722. The molecule has 0 bridgehead atoms. The van der Waals surface area contributed by atoms with E-state index in [0.717, 1.165) is 6.42 Å². The highest BCUT2D eigenvalue weighted by Crippen LogP contribution is 2.19. The third-order valence-corrected chi connectivity index (χ3v) is 2.64. The van der Waals surface area contributed by atoms with Crippen molar-refractivity contribution in [2.75, 3.05) is 13.6 Å². The van der Waals surface area contributed by atoms with E-state index in [1.165, 1.54) is 0 Å². The van der Waals surface area contributed by atoms with Gasteiger partial charge in [-0.3, -0.25) is 4.79 Å². The molecule has 0 aliphatic heterocycles. The lowest BCUT2D eigenvalue weighted by molar-refractivity contribution is -0.127. The molecule has 0 aromatic carbocycles. The standard InChI is InChI=1S/C10H21NO2.2C2H6/c1-8(10(3,4)13)6-7-11(5)9(2)12;2*1-2/h8,13H,6-7H2,1-5H3;2*1-2H3. The lowest BCUT2D eigenvalue weighted by atomic mass is 9.90. The van der Waals surface area contributed by atoms with Crippen molar-refractivity contribution in [1.82, 2.24) is 4.90 Å². The number of carbonyl (C=O) groups excluding carboxylic acids is 1. The van der Waals surface area contributed by atoms with Gasteiger partial charge >= 0.3 is 0 Å². The zero-order valence-corrected chi connectivity index (χ0v) is 13.3. The minimum atomic E-state index is -0.655. The first kappa shape index (κ1) is 21.7. The topological polar surface area (TPSA) is 40.5 Å². The van der Waals surface area contributed by atoms with Gasteiger partial charge in [0.05, 0.1) is 5.60 Å². The second kappa shape index (κ2) is 11.9. The summed E-state index contributed by atoms with van der Waals surface area (Å²) in [4.78, 5) is 12.5. The van der Waals surface area contributed by atoms with Crippen LogP contribution in [0.5, 0.6) is 0 Å². The molecule has 0 saturated carbocycles. The quantitative estimate of drug-likeness (QED) is 0.828. The summed E-state index contributed by atoms with van der Waals surface area (Å²) in [5, 5.41) is 9.63. The molecule has 0 aromatic heterocycles. The van der Waals surface area contributed by atoms with Crippen LogP contribution < -0.4 is 0 Å². The molecule has 0 rings (SSSR count). The van der Waals surface area contributed by atoms with Gasteiger partial charge in [0.1, 0.15) is 0 Å². The van der Waals surface area contributed by atoms with Gasteiger partial charge in [-0.05, 0) is 26.2 Å². The molecule has 0 aliphatic carbocycles. The number of rotatable bonds is 4. The van der Waals surface area contributed by atoms with Crippen molar-refractivity contribution in [3.05, 3.63) is 0 Å². The van der Waals surface area contributed by atoms with Crippen molar-refractivity contribution < 1.29 is 9.90 Å². The van der Waals surface area contributed by atoms with Gasteiger partial charge in [-0.1, -0.05) is 34.6 Å². The van der Waals surface area contributed by atoms with Crippen LogP contribution >= 0.6 is 0 Å². The summed E-state index contributed by atoms with van der Waals surface area (Å²) < 4.78 is 0. The fourth-order valence-electron chi connectivity index (χ4n) is 0.898. The second-order valence-corrected chi connectivity index (χ2v) is 4.28. The molecule has 0 saturated heterocycles. The summed E-state index contributed by atoms with van der Waals surface area (Å²) in [6.07, 6.45) is 0.833. The molecule has 106 valence electrons. The average Bonchev–Trinajstić information content (AvgIpc) is 2.29. The van der Waals surface area contributed by atoms with Crippen molar-refractivity contribution in [2.45, 2.75) is 67.4 Å². The Hall–Kier alpha value is -0.570. The molecule has 0 aliphatic rings. The molecule has 0 spiro atoms. The highest BCUT2D eigenvalue weighted by atomic mass is 16.3. The largest absolute Gasteiger partial charge is 0.390 e. The zero-order chi connectivity index (χ0) is 14.6. The van der Waals surface area contributed by atoms with Crippen molar-refractivity contribution in [2.24, 2.45) is 5.92 Å². The van der Waals surface area contributed by atoms with Crippen molar-refractivity contribution in [3.8, 4) is 0 Å². The van der Waals surface area contributed by atoms with Gasteiger partial charge in [-0.2, -0.15) is 0 Å². The molecule has 0 radical (unpaired) electrons. The highest BCUT2D eigenvalue weighted by Gasteiger charge is 2.22. The second-order valence-electron chi connectivity index (χ2n) is 4.28. The van der Waals surface area contributed by atoms with E-state index in [4.69, 9.17) is 0 Å². The van der Waals surface area contributed by atoms with Gasteiger partial charge in [0, 0.05) is 20.5 Å². The SMILES string of the molecule is CC.CC.CC(=O)N(C)CCC(C)C(C)(C)O. The number of hydrogen-bond donors (Lipinski definition) is 1. The number of carbonyl (C=O) groups is 1. The van der Waals surface area contributed by atoms with Crippen LogP contribution in [0, 0.1) is 5.92 Å². The Balaban J connectivity index is -0.000000439. The summed E-state index contributed by atoms with van der Waals surface area (Å²) in [5.74, 6) is 0.275. The van der Waals surface area contributed by atoms with Gasteiger partial charge in [0.25, 0.3) is 0 Å². The molecule has 1 atom stereocenters. The molecule has 0 heterocycles. The molecule has 0 fully saturated rings. The van der Waals surface area contributed by atoms with Crippen LogP contribution in [-0.4, -0.2) is 35.1 Å². The summed E-state index contributed by atoms with van der Waals surface area (Å²) in [6, 6.07) is 0. The van der Waals surface area contributed by atoms with Gasteiger partial charge in [-0.25, -0.2) is 0 Å². The Kier molecular flexibility index (Phi) is 15.2. The molecule has 0 aromatic rings. The van der Waals surface area contributed by atoms with E-state index >= 15 is 0 Å². The van der Waals surface area contributed by atoms with Crippen LogP contribution in [-0.2, 0) is 4.79 Å². The summed E-state index contributed by atoms with van der Waals surface area (Å²) in [5.41, 5.74) is -0.655. The highest BCUT2D eigenvalue weighted by molar-refractivity contribution is 5.72. The van der Waals surface area contributed by atoms with E-state index in [-0.39, 0.29) is 11.8 Å². The molecule has 3 nitrogen and oxygen atoms in total. The van der Waals surface area contributed by atoms with Crippen LogP contribution in [0.25, 0.3) is 0 Å². The van der Waals surface area contributed by atoms with Crippen LogP contribution in [0.4, 0.5) is 0 Å². The number of aliphatic hydroxyl groups is 1. The van der Waals surface area contributed by atoms with Crippen LogP contribution in [0.15, 0.2) is 0 Å². The lowest BCUT2D eigenvalue weighted by Gasteiger charge is -2.27. The Morgan fingerprint density at radius 2 is 1.59 bits per heavy atom. The third-order valence-electron chi connectivity index (χ3n) is 2.64.